The number of methoxy groups -OCH3 is 1. The van der Waals surface area contributed by atoms with E-state index in [1.807, 2.05) is 30.3 Å². The highest BCUT2D eigenvalue weighted by Gasteiger charge is 2.36. The van der Waals surface area contributed by atoms with Gasteiger partial charge in [0.1, 0.15) is 6.04 Å². The second-order valence-corrected chi connectivity index (χ2v) is 5.58. The molecule has 0 spiro atoms. The van der Waals surface area contributed by atoms with Gasteiger partial charge in [-0.3, -0.25) is 9.59 Å². The Balaban J connectivity index is 1.96. The Morgan fingerprint density at radius 1 is 1.17 bits per heavy atom. The summed E-state index contributed by atoms with van der Waals surface area (Å²) in [5.74, 6) is -0.677. The summed E-state index contributed by atoms with van der Waals surface area (Å²) >= 11 is 0. The topological polar surface area (TPSA) is 66.9 Å². The van der Waals surface area contributed by atoms with Gasteiger partial charge in [-0.1, -0.05) is 30.3 Å². The molecule has 1 aromatic rings. The summed E-state index contributed by atoms with van der Waals surface area (Å²) < 4.78 is 4.76. The number of amides is 2. The Bertz CT molecular complexity index is 573. The number of nitrogens with zero attached hydrogens (tertiary/aromatic N) is 2. The van der Waals surface area contributed by atoms with E-state index in [0.717, 1.165) is 5.56 Å². The monoisotopic (exact) mass is 318 g/mol. The summed E-state index contributed by atoms with van der Waals surface area (Å²) in [4.78, 5) is 39.0. The summed E-state index contributed by atoms with van der Waals surface area (Å²) in [6, 6.07) is 9.08. The van der Waals surface area contributed by atoms with Crippen LogP contribution in [0.1, 0.15) is 18.9 Å². The number of piperazine rings is 1. The molecule has 0 bridgehead atoms. The van der Waals surface area contributed by atoms with Gasteiger partial charge in [0.2, 0.25) is 11.8 Å². The average Bonchev–Trinajstić information content (AvgIpc) is 2.59. The van der Waals surface area contributed by atoms with Gasteiger partial charge in [-0.2, -0.15) is 0 Å². The van der Waals surface area contributed by atoms with Crippen LogP contribution in [-0.4, -0.2) is 60.4 Å². The van der Waals surface area contributed by atoms with Gasteiger partial charge in [-0.25, -0.2) is 4.79 Å². The Labute approximate surface area is 136 Å². The first kappa shape index (κ1) is 17.0. The van der Waals surface area contributed by atoms with Crippen molar-refractivity contribution >= 4 is 17.8 Å². The lowest BCUT2D eigenvalue weighted by atomic mass is 10.1. The number of ether oxygens (including phenoxy) is 1. The normalized spacial score (nSPS) is 17.7. The molecule has 0 saturated carbocycles. The second kappa shape index (κ2) is 7.76. The molecule has 1 aromatic carbocycles. The number of carbonyl (C=O) groups excluding carboxylic acids is 3. The molecule has 124 valence electrons. The number of hydrogen-bond acceptors (Lipinski definition) is 4. The molecular formula is C17H22N2O4. The Morgan fingerprint density at radius 3 is 2.48 bits per heavy atom. The van der Waals surface area contributed by atoms with Gasteiger partial charge >= 0.3 is 5.97 Å². The number of rotatable bonds is 4. The summed E-state index contributed by atoms with van der Waals surface area (Å²) in [7, 11) is 1.29. The lowest BCUT2D eigenvalue weighted by Gasteiger charge is -2.39. The van der Waals surface area contributed by atoms with Crippen LogP contribution >= 0.6 is 0 Å². The number of esters is 1. The molecule has 0 N–H and O–H groups in total. The van der Waals surface area contributed by atoms with Crippen molar-refractivity contribution in [2.45, 2.75) is 25.8 Å². The van der Waals surface area contributed by atoms with Crippen LogP contribution in [0.2, 0.25) is 0 Å². The van der Waals surface area contributed by atoms with Crippen molar-refractivity contribution in [2.24, 2.45) is 0 Å². The van der Waals surface area contributed by atoms with E-state index >= 15 is 0 Å². The van der Waals surface area contributed by atoms with Gasteiger partial charge in [0.05, 0.1) is 13.7 Å². The van der Waals surface area contributed by atoms with Gasteiger partial charge in [0.25, 0.3) is 0 Å². The molecule has 2 amide bonds. The Kier molecular flexibility index (Phi) is 5.73. The fraction of sp³-hybridized carbons (Fsp3) is 0.471. The third kappa shape index (κ3) is 4.31. The minimum atomic E-state index is -0.716. The smallest absolute Gasteiger partial charge is 0.330 e. The quantitative estimate of drug-likeness (QED) is 0.772. The van der Waals surface area contributed by atoms with Gasteiger partial charge in [0, 0.05) is 26.4 Å². The van der Waals surface area contributed by atoms with Crippen LogP contribution in [0.15, 0.2) is 30.3 Å². The van der Waals surface area contributed by atoms with Crippen molar-refractivity contribution in [1.29, 1.82) is 0 Å². The highest BCUT2D eigenvalue weighted by atomic mass is 16.5. The third-order valence-corrected chi connectivity index (χ3v) is 4.08. The first-order valence-electron chi connectivity index (χ1n) is 7.69. The van der Waals surface area contributed by atoms with Crippen molar-refractivity contribution in [1.82, 2.24) is 9.80 Å². The van der Waals surface area contributed by atoms with E-state index < -0.39 is 12.0 Å². The fourth-order valence-corrected chi connectivity index (χ4v) is 2.78. The van der Waals surface area contributed by atoms with Crippen LogP contribution < -0.4 is 0 Å². The molecule has 0 aliphatic carbocycles. The maximum absolute atomic E-state index is 12.4. The van der Waals surface area contributed by atoms with Crippen LogP contribution in [0.4, 0.5) is 0 Å². The first-order valence-corrected chi connectivity index (χ1v) is 7.69. The number of carbonyl (C=O) groups is 3. The van der Waals surface area contributed by atoms with Crippen LogP contribution in [0.3, 0.4) is 0 Å². The third-order valence-electron chi connectivity index (χ3n) is 4.08. The Morgan fingerprint density at radius 2 is 1.87 bits per heavy atom. The minimum Gasteiger partial charge on any atom is -0.467 e. The second-order valence-electron chi connectivity index (χ2n) is 5.58. The molecule has 6 nitrogen and oxygen atoms in total. The molecule has 0 radical (unpaired) electrons. The van der Waals surface area contributed by atoms with E-state index in [0.29, 0.717) is 25.9 Å². The van der Waals surface area contributed by atoms with Gasteiger partial charge in [-0.05, 0) is 12.0 Å². The molecule has 1 aliphatic heterocycles. The number of benzene rings is 1. The Hall–Kier alpha value is -2.37. The van der Waals surface area contributed by atoms with Crippen LogP contribution in [-0.2, 0) is 25.5 Å². The molecule has 1 unspecified atom stereocenters. The lowest BCUT2D eigenvalue weighted by Crippen LogP contribution is -2.59. The van der Waals surface area contributed by atoms with Crippen LogP contribution in [0, 0.1) is 0 Å². The highest BCUT2D eigenvalue weighted by molar-refractivity contribution is 5.85. The van der Waals surface area contributed by atoms with Gasteiger partial charge < -0.3 is 14.5 Å². The summed E-state index contributed by atoms with van der Waals surface area (Å²) in [5, 5.41) is 0. The molecule has 23 heavy (non-hydrogen) atoms. The maximum atomic E-state index is 12.4. The maximum Gasteiger partial charge on any atom is 0.330 e. The van der Waals surface area contributed by atoms with Crippen LogP contribution in [0.5, 0.6) is 0 Å². The predicted molar refractivity (Wildman–Crippen MR) is 84.5 cm³/mol. The van der Waals surface area contributed by atoms with Crippen molar-refractivity contribution in [3.63, 3.8) is 0 Å². The highest BCUT2D eigenvalue weighted by Crippen LogP contribution is 2.14. The number of aryl methyl sites for hydroxylation is 1. The van der Waals surface area contributed by atoms with Crippen molar-refractivity contribution in [2.75, 3.05) is 26.7 Å². The molecule has 6 heteroatoms. The first-order chi connectivity index (χ1) is 11.0. The van der Waals surface area contributed by atoms with E-state index in [-0.39, 0.29) is 18.4 Å². The SMILES string of the molecule is COC(=O)C1CN(C(=O)CCc2ccccc2)CCN1C(C)=O. The van der Waals surface area contributed by atoms with Crippen molar-refractivity contribution in [3.05, 3.63) is 35.9 Å². The zero-order valence-corrected chi connectivity index (χ0v) is 13.5. The van der Waals surface area contributed by atoms with E-state index in [1.54, 1.807) is 4.90 Å². The standard InChI is InChI=1S/C17H22N2O4/c1-13(20)19-11-10-18(12-15(19)17(22)23-2)16(21)9-8-14-6-4-3-5-7-14/h3-7,15H,8-12H2,1-2H3. The molecule has 1 atom stereocenters. The van der Waals surface area contributed by atoms with Gasteiger partial charge in [-0.15, -0.1) is 0 Å². The molecule has 1 fully saturated rings. The van der Waals surface area contributed by atoms with Crippen molar-refractivity contribution in [3.8, 4) is 0 Å². The van der Waals surface area contributed by atoms with E-state index in [4.69, 9.17) is 4.74 Å². The van der Waals surface area contributed by atoms with Crippen molar-refractivity contribution < 1.29 is 19.1 Å². The zero-order valence-electron chi connectivity index (χ0n) is 13.5. The molecule has 1 heterocycles. The fourth-order valence-electron chi connectivity index (χ4n) is 2.78. The van der Waals surface area contributed by atoms with E-state index in [9.17, 15) is 14.4 Å². The largest absolute Gasteiger partial charge is 0.467 e. The van der Waals surface area contributed by atoms with E-state index in [2.05, 4.69) is 0 Å². The van der Waals surface area contributed by atoms with Crippen LogP contribution in [0.25, 0.3) is 0 Å². The summed E-state index contributed by atoms with van der Waals surface area (Å²) in [6.45, 7) is 2.41. The van der Waals surface area contributed by atoms with Gasteiger partial charge in [0.15, 0.2) is 0 Å². The molecular weight excluding hydrogens is 296 g/mol. The zero-order chi connectivity index (χ0) is 16.8. The summed E-state index contributed by atoms with van der Waals surface area (Å²) in [6.07, 6.45) is 1.05. The molecule has 1 saturated heterocycles. The molecule has 2 rings (SSSR count). The number of hydrogen-bond donors (Lipinski definition) is 0. The molecule has 1 aliphatic rings. The lowest BCUT2D eigenvalue weighted by molar-refractivity contribution is -0.157. The van der Waals surface area contributed by atoms with E-state index in [1.165, 1.54) is 18.9 Å². The minimum absolute atomic E-state index is 0.00837. The average molecular weight is 318 g/mol. The molecule has 0 aromatic heterocycles. The summed E-state index contributed by atoms with van der Waals surface area (Å²) in [5.41, 5.74) is 1.10. The predicted octanol–water partition coefficient (Wildman–Crippen LogP) is 0.851.